The first-order valence-corrected chi connectivity index (χ1v) is 6.83. The molecule has 0 amide bonds. The first kappa shape index (κ1) is 14.6. The van der Waals surface area contributed by atoms with Crippen LogP contribution >= 0.6 is 0 Å². The summed E-state index contributed by atoms with van der Waals surface area (Å²) in [7, 11) is 1.67. The molecule has 0 saturated heterocycles. The minimum absolute atomic E-state index is 0.0589. The predicted molar refractivity (Wildman–Crippen MR) is 80.9 cm³/mol. The molecule has 0 radical (unpaired) electrons. The molecule has 20 heavy (non-hydrogen) atoms. The number of hydrogen-bond donors (Lipinski definition) is 2. The maximum Gasteiger partial charge on any atom is 0.119 e. The van der Waals surface area contributed by atoms with Crippen molar-refractivity contribution in [1.29, 1.82) is 0 Å². The van der Waals surface area contributed by atoms with E-state index in [4.69, 9.17) is 4.74 Å². The van der Waals surface area contributed by atoms with Gasteiger partial charge in [0.2, 0.25) is 0 Å². The molecule has 106 valence electrons. The third kappa shape index (κ3) is 4.37. The van der Waals surface area contributed by atoms with Crippen LogP contribution in [0.15, 0.2) is 54.6 Å². The Labute approximate surface area is 120 Å². The van der Waals surface area contributed by atoms with Crippen molar-refractivity contribution >= 4 is 0 Å². The molecule has 0 aromatic heterocycles. The third-order valence-electron chi connectivity index (χ3n) is 3.27. The van der Waals surface area contributed by atoms with E-state index in [1.807, 2.05) is 42.5 Å². The van der Waals surface area contributed by atoms with Gasteiger partial charge in [0.1, 0.15) is 5.75 Å². The number of benzene rings is 2. The topological polar surface area (TPSA) is 41.5 Å². The number of aliphatic hydroxyl groups excluding tert-OH is 1. The van der Waals surface area contributed by atoms with Gasteiger partial charge in [0.15, 0.2) is 0 Å². The first-order chi connectivity index (χ1) is 9.81. The summed E-state index contributed by atoms with van der Waals surface area (Å²) in [4.78, 5) is 0. The van der Waals surface area contributed by atoms with Crippen LogP contribution in [0.25, 0.3) is 0 Å². The zero-order valence-corrected chi connectivity index (χ0v) is 11.8. The molecule has 0 bridgehead atoms. The lowest BCUT2D eigenvalue weighted by Crippen LogP contribution is -2.34. The van der Waals surface area contributed by atoms with E-state index in [1.165, 1.54) is 5.56 Å². The molecule has 1 atom stereocenters. The molecule has 0 aliphatic heterocycles. The lowest BCUT2D eigenvalue weighted by Gasteiger charge is -2.16. The van der Waals surface area contributed by atoms with Gasteiger partial charge in [0.05, 0.1) is 13.7 Å². The van der Waals surface area contributed by atoms with Crippen LogP contribution in [0.1, 0.15) is 11.1 Å². The van der Waals surface area contributed by atoms with Crippen LogP contribution in [0.3, 0.4) is 0 Å². The molecule has 2 rings (SSSR count). The number of rotatable bonds is 7. The van der Waals surface area contributed by atoms with Crippen molar-refractivity contribution in [2.75, 3.05) is 13.7 Å². The third-order valence-corrected chi connectivity index (χ3v) is 3.27. The molecular formula is C17H21NO2. The Balaban J connectivity index is 1.90. The Morgan fingerprint density at radius 2 is 1.80 bits per heavy atom. The summed E-state index contributed by atoms with van der Waals surface area (Å²) in [6.45, 7) is 0.841. The molecule has 2 aromatic rings. The van der Waals surface area contributed by atoms with Crippen molar-refractivity contribution in [2.24, 2.45) is 0 Å². The second-order valence-electron chi connectivity index (χ2n) is 4.80. The van der Waals surface area contributed by atoms with Gasteiger partial charge in [0.25, 0.3) is 0 Å². The SMILES string of the molecule is COc1cccc(CN[C@@H](CO)Cc2ccccc2)c1. The van der Waals surface area contributed by atoms with Gasteiger partial charge in [0, 0.05) is 12.6 Å². The molecular weight excluding hydrogens is 250 g/mol. The van der Waals surface area contributed by atoms with E-state index in [1.54, 1.807) is 7.11 Å². The van der Waals surface area contributed by atoms with Crippen LogP contribution in [-0.2, 0) is 13.0 Å². The van der Waals surface area contributed by atoms with E-state index in [0.717, 1.165) is 24.3 Å². The molecule has 0 fully saturated rings. The van der Waals surface area contributed by atoms with Gasteiger partial charge in [-0.25, -0.2) is 0 Å². The van der Waals surface area contributed by atoms with Crippen LogP contribution in [-0.4, -0.2) is 24.9 Å². The fourth-order valence-electron chi connectivity index (χ4n) is 2.14. The largest absolute Gasteiger partial charge is 0.497 e. The van der Waals surface area contributed by atoms with Crippen LogP contribution in [0, 0.1) is 0 Å². The number of ether oxygens (including phenoxy) is 1. The summed E-state index contributed by atoms with van der Waals surface area (Å²) in [5.41, 5.74) is 2.38. The Hall–Kier alpha value is -1.84. The summed E-state index contributed by atoms with van der Waals surface area (Å²) in [6, 6.07) is 18.2. The van der Waals surface area contributed by atoms with Gasteiger partial charge in [-0.3, -0.25) is 0 Å². The minimum Gasteiger partial charge on any atom is -0.497 e. The smallest absolute Gasteiger partial charge is 0.119 e. The molecule has 3 heteroatoms. The highest BCUT2D eigenvalue weighted by molar-refractivity contribution is 5.28. The average molecular weight is 271 g/mol. The summed E-state index contributed by atoms with van der Waals surface area (Å²) >= 11 is 0. The van der Waals surface area contributed by atoms with Gasteiger partial charge in [-0.2, -0.15) is 0 Å². The van der Waals surface area contributed by atoms with Gasteiger partial charge >= 0.3 is 0 Å². The van der Waals surface area contributed by atoms with Crippen molar-refractivity contribution in [1.82, 2.24) is 5.32 Å². The molecule has 2 aromatic carbocycles. The Kier molecular flexibility index (Phi) is 5.59. The maximum absolute atomic E-state index is 9.48. The van der Waals surface area contributed by atoms with Crippen LogP contribution in [0.2, 0.25) is 0 Å². The zero-order valence-electron chi connectivity index (χ0n) is 11.8. The van der Waals surface area contributed by atoms with E-state index in [0.29, 0.717) is 0 Å². The molecule has 0 aliphatic rings. The van der Waals surface area contributed by atoms with Crippen LogP contribution < -0.4 is 10.1 Å². The molecule has 0 saturated carbocycles. The monoisotopic (exact) mass is 271 g/mol. The van der Waals surface area contributed by atoms with Crippen molar-refractivity contribution in [3.63, 3.8) is 0 Å². The van der Waals surface area contributed by atoms with E-state index >= 15 is 0 Å². The van der Waals surface area contributed by atoms with E-state index in [-0.39, 0.29) is 12.6 Å². The summed E-state index contributed by atoms with van der Waals surface area (Å²) in [5, 5.41) is 12.9. The van der Waals surface area contributed by atoms with E-state index in [9.17, 15) is 5.11 Å². The number of hydrogen-bond acceptors (Lipinski definition) is 3. The zero-order chi connectivity index (χ0) is 14.2. The van der Waals surface area contributed by atoms with Gasteiger partial charge in [-0.05, 0) is 29.7 Å². The van der Waals surface area contributed by atoms with Crippen molar-refractivity contribution in [3.8, 4) is 5.75 Å². The van der Waals surface area contributed by atoms with Crippen molar-refractivity contribution in [3.05, 3.63) is 65.7 Å². The second kappa shape index (κ2) is 7.68. The number of nitrogens with one attached hydrogen (secondary N) is 1. The van der Waals surface area contributed by atoms with Crippen LogP contribution in [0.4, 0.5) is 0 Å². The molecule has 0 spiro atoms. The van der Waals surface area contributed by atoms with Gasteiger partial charge < -0.3 is 15.2 Å². The number of aliphatic hydroxyl groups is 1. The summed E-state index contributed by atoms with van der Waals surface area (Å²) < 4.78 is 5.21. The quantitative estimate of drug-likeness (QED) is 0.812. The highest BCUT2D eigenvalue weighted by Crippen LogP contribution is 2.12. The molecule has 0 aliphatic carbocycles. The summed E-state index contributed by atoms with van der Waals surface area (Å²) in [6.07, 6.45) is 0.821. The highest BCUT2D eigenvalue weighted by atomic mass is 16.5. The lowest BCUT2D eigenvalue weighted by molar-refractivity contribution is 0.241. The normalized spacial score (nSPS) is 12.1. The highest BCUT2D eigenvalue weighted by Gasteiger charge is 2.08. The van der Waals surface area contributed by atoms with Gasteiger partial charge in [-0.15, -0.1) is 0 Å². The van der Waals surface area contributed by atoms with Crippen molar-refractivity contribution in [2.45, 2.75) is 19.0 Å². The van der Waals surface area contributed by atoms with Crippen molar-refractivity contribution < 1.29 is 9.84 Å². The molecule has 3 nitrogen and oxygen atoms in total. The van der Waals surface area contributed by atoms with Crippen LogP contribution in [0.5, 0.6) is 5.75 Å². The van der Waals surface area contributed by atoms with Gasteiger partial charge in [-0.1, -0.05) is 42.5 Å². The number of methoxy groups -OCH3 is 1. The fraction of sp³-hybridized carbons (Fsp3) is 0.294. The maximum atomic E-state index is 9.48. The molecule has 0 heterocycles. The Morgan fingerprint density at radius 1 is 1.05 bits per heavy atom. The minimum atomic E-state index is 0.0589. The molecule has 0 unspecified atom stereocenters. The summed E-state index contributed by atoms with van der Waals surface area (Å²) in [5.74, 6) is 0.855. The predicted octanol–water partition coefficient (Wildman–Crippen LogP) is 2.39. The van der Waals surface area contributed by atoms with E-state index in [2.05, 4.69) is 17.4 Å². The Bertz CT molecular complexity index is 513. The fourth-order valence-corrected chi connectivity index (χ4v) is 2.14. The first-order valence-electron chi connectivity index (χ1n) is 6.83. The van der Waals surface area contributed by atoms with E-state index < -0.39 is 0 Å². The average Bonchev–Trinajstić information content (AvgIpc) is 2.52. The second-order valence-corrected chi connectivity index (χ2v) is 4.80. The molecule has 2 N–H and O–H groups in total. The Morgan fingerprint density at radius 3 is 2.50 bits per heavy atom. The lowest BCUT2D eigenvalue weighted by atomic mass is 10.1. The standard InChI is InChI=1S/C17H21NO2/c1-20-17-9-5-8-15(11-17)12-18-16(13-19)10-14-6-3-2-4-7-14/h2-9,11,16,18-19H,10,12-13H2,1H3/t16-/m1/s1.